The molecule has 0 heterocycles. The summed E-state index contributed by atoms with van der Waals surface area (Å²) in [5, 5.41) is 11.3. The Morgan fingerprint density at radius 3 is 2.62 bits per heavy atom. The highest BCUT2D eigenvalue weighted by molar-refractivity contribution is 8.76. The van der Waals surface area contributed by atoms with Crippen molar-refractivity contribution in [1.29, 1.82) is 0 Å². The number of carboxylic acid groups (broad SMARTS) is 1. The van der Waals surface area contributed by atoms with Gasteiger partial charge in [0.1, 0.15) is 0 Å². The molecule has 0 aliphatic heterocycles. The van der Waals surface area contributed by atoms with Gasteiger partial charge in [0.25, 0.3) is 5.91 Å². The average molecular weight is 375 g/mol. The third-order valence-electron chi connectivity index (χ3n) is 3.66. The van der Waals surface area contributed by atoms with Gasteiger partial charge in [-0.2, -0.15) is 0 Å². The van der Waals surface area contributed by atoms with E-state index in [1.807, 2.05) is 0 Å². The van der Waals surface area contributed by atoms with Gasteiger partial charge < -0.3 is 10.4 Å². The molecule has 1 saturated carbocycles. The minimum Gasteiger partial charge on any atom is -0.481 e. The van der Waals surface area contributed by atoms with E-state index in [9.17, 15) is 18.4 Å². The molecule has 0 bridgehead atoms. The van der Waals surface area contributed by atoms with E-state index in [0.29, 0.717) is 23.6 Å². The molecule has 1 aromatic carbocycles. The highest BCUT2D eigenvalue weighted by atomic mass is 33.1. The summed E-state index contributed by atoms with van der Waals surface area (Å²) in [6.07, 6.45) is -0.179. The van der Waals surface area contributed by atoms with Gasteiger partial charge in [-0.15, -0.1) is 0 Å². The van der Waals surface area contributed by atoms with Crippen LogP contribution in [0.15, 0.2) is 24.3 Å². The Morgan fingerprint density at radius 1 is 1.25 bits per heavy atom. The van der Waals surface area contributed by atoms with Crippen molar-refractivity contribution < 1.29 is 23.5 Å². The van der Waals surface area contributed by atoms with Crippen LogP contribution in [0.3, 0.4) is 0 Å². The maximum atomic E-state index is 13.0. The van der Waals surface area contributed by atoms with Crippen LogP contribution in [-0.4, -0.2) is 41.0 Å². The minimum atomic E-state index is -2.57. The van der Waals surface area contributed by atoms with E-state index in [1.165, 1.54) is 21.6 Å². The lowest BCUT2D eigenvalue weighted by Gasteiger charge is -2.35. The van der Waals surface area contributed by atoms with Crippen LogP contribution < -0.4 is 5.32 Å². The highest BCUT2D eigenvalue weighted by Gasteiger charge is 2.45. The number of carbonyl (C=O) groups is 2. The number of amides is 1. The largest absolute Gasteiger partial charge is 0.481 e. The molecule has 0 radical (unpaired) electrons. The molecular formula is C16H19F2NO3S2. The summed E-state index contributed by atoms with van der Waals surface area (Å²) in [5.41, 5.74) is 1.26. The molecule has 0 atom stereocenters. The van der Waals surface area contributed by atoms with E-state index >= 15 is 0 Å². The standard InChI is InChI=1S/C16H19F2NO3S2/c17-16(18)9-13(10-16)11-2-1-3-12(8-11)15(22)19-5-7-24-23-6-4-14(20)21/h1-3,8,13H,4-7,9-10H2,(H,19,22)(H,20,21). The first-order chi connectivity index (χ1) is 11.4. The van der Waals surface area contributed by atoms with E-state index in [-0.39, 0.29) is 31.1 Å². The molecule has 2 rings (SSSR count). The van der Waals surface area contributed by atoms with Crippen molar-refractivity contribution >= 4 is 33.5 Å². The molecule has 1 aliphatic rings. The summed E-state index contributed by atoms with van der Waals surface area (Å²) in [5.74, 6) is -2.58. The second kappa shape index (κ2) is 8.71. The Labute approximate surface area is 147 Å². The molecular weight excluding hydrogens is 356 g/mol. The number of benzene rings is 1. The van der Waals surface area contributed by atoms with Crippen molar-refractivity contribution in [2.75, 3.05) is 18.1 Å². The monoisotopic (exact) mass is 375 g/mol. The van der Waals surface area contributed by atoms with Gasteiger partial charge in [0.2, 0.25) is 5.92 Å². The van der Waals surface area contributed by atoms with Gasteiger partial charge in [-0.1, -0.05) is 33.7 Å². The van der Waals surface area contributed by atoms with Gasteiger partial charge in [-0.25, -0.2) is 8.78 Å². The zero-order chi connectivity index (χ0) is 17.6. The highest BCUT2D eigenvalue weighted by Crippen LogP contribution is 2.48. The molecule has 1 amide bonds. The first-order valence-electron chi connectivity index (χ1n) is 7.59. The predicted molar refractivity (Wildman–Crippen MR) is 92.9 cm³/mol. The second-order valence-corrected chi connectivity index (χ2v) is 8.33. The van der Waals surface area contributed by atoms with E-state index in [4.69, 9.17) is 5.11 Å². The number of carboxylic acids is 1. The van der Waals surface area contributed by atoms with Crippen molar-refractivity contribution in [1.82, 2.24) is 5.32 Å². The number of rotatable bonds is 9. The Hall–Kier alpha value is -1.28. The van der Waals surface area contributed by atoms with Gasteiger partial charge in [0.15, 0.2) is 0 Å². The Bertz CT molecular complexity index is 590. The fourth-order valence-electron chi connectivity index (χ4n) is 2.39. The molecule has 2 N–H and O–H groups in total. The first-order valence-corrected chi connectivity index (χ1v) is 10.1. The number of hydrogen-bond acceptors (Lipinski definition) is 4. The van der Waals surface area contributed by atoms with Crippen molar-refractivity contribution in [2.24, 2.45) is 0 Å². The normalized spacial score (nSPS) is 16.4. The molecule has 1 aromatic rings. The zero-order valence-electron chi connectivity index (χ0n) is 13.0. The Balaban J connectivity index is 1.70. The fraction of sp³-hybridized carbons (Fsp3) is 0.500. The van der Waals surface area contributed by atoms with E-state index in [2.05, 4.69) is 5.32 Å². The Kier molecular flexibility index (Phi) is 6.91. The molecule has 24 heavy (non-hydrogen) atoms. The fourth-order valence-corrected chi connectivity index (χ4v) is 4.27. The molecule has 1 aliphatic carbocycles. The van der Waals surface area contributed by atoms with E-state index in [0.717, 1.165) is 5.56 Å². The van der Waals surface area contributed by atoms with E-state index in [1.54, 1.807) is 24.3 Å². The van der Waals surface area contributed by atoms with Gasteiger partial charge >= 0.3 is 5.97 Å². The lowest BCUT2D eigenvalue weighted by atomic mass is 9.76. The zero-order valence-corrected chi connectivity index (χ0v) is 14.6. The summed E-state index contributed by atoms with van der Waals surface area (Å²) in [6.45, 7) is 0.468. The SMILES string of the molecule is O=C(O)CCSSCCNC(=O)c1cccc(C2CC(F)(F)C2)c1. The molecule has 0 unspecified atom stereocenters. The van der Waals surface area contributed by atoms with Crippen LogP contribution in [0.1, 0.15) is 41.1 Å². The van der Waals surface area contributed by atoms with Crippen molar-refractivity contribution in [3.05, 3.63) is 35.4 Å². The van der Waals surface area contributed by atoms with E-state index < -0.39 is 11.9 Å². The smallest absolute Gasteiger partial charge is 0.304 e. The van der Waals surface area contributed by atoms with Crippen LogP contribution >= 0.6 is 21.6 Å². The number of aliphatic carboxylic acids is 1. The molecule has 0 saturated heterocycles. The molecule has 1 fully saturated rings. The maximum Gasteiger partial charge on any atom is 0.304 e. The molecule has 8 heteroatoms. The maximum absolute atomic E-state index is 13.0. The summed E-state index contributed by atoms with van der Waals surface area (Å²) in [6, 6.07) is 6.86. The quantitative estimate of drug-likeness (QED) is 0.508. The summed E-state index contributed by atoms with van der Waals surface area (Å²) in [4.78, 5) is 22.4. The topological polar surface area (TPSA) is 66.4 Å². The molecule has 0 spiro atoms. The lowest BCUT2D eigenvalue weighted by Crippen LogP contribution is -2.33. The van der Waals surface area contributed by atoms with Crippen LogP contribution in [0.4, 0.5) is 8.78 Å². The Morgan fingerprint density at radius 2 is 1.96 bits per heavy atom. The number of hydrogen-bond donors (Lipinski definition) is 2. The van der Waals surface area contributed by atoms with Gasteiger partial charge in [-0.3, -0.25) is 9.59 Å². The van der Waals surface area contributed by atoms with Gasteiger partial charge in [0.05, 0.1) is 6.42 Å². The first kappa shape index (κ1) is 19.1. The summed E-state index contributed by atoms with van der Waals surface area (Å²) < 4.78 is 25.9. The van der Waals surface area contributed by atoms with Crippen molar-refractivity contribution in [3.8, 4) is 0 Å². The summed E-state index contributed by atoms with van der Waals surface area (Å²) in [7, 11) is 2.97. The number of halogens is 2. The molecule has 4 nitrogen and oxygen atoms in total. The molecule has 132 valence electrons. The third-order valence-corrected chi connectivity index (χ3v) is 6.07. The van der Waals surface area contributed by atoms with Crippen molar-refractivity contribution in [3.63, 3.8) is 0 Å². The predicted octanol–water partition coefficient (Wildman–Crippen LogP) is 3.79. The van der Waals surface area contributed by atoms with Gasteiger partial charge in [0, 0.05) is 36.5 Å². The van der Waals surface area contributed by atoms with Crippen LogP contribution in [0.25, 0.3) is 0 Å². The van der Waals surface area contributed by atoms with Crippen LogP contribution in [0.5, 0.6) is 0 Å². The van der Waals surface area contributed by atoms with Gasteiger partial charge in [-0.05, 0) is 23.6 Å². The van der Waals surface area contributed by atoms with Crippen LogP contribution in [0.2, 0.25) is 0 Å². The van der Waals surface area contributed by atoms with Crippen LogP contribution in [0, 0.1) is 0 Å². The summed E-state index contributed by atoms with van der Waals surface area (Å²) >= 11 is 0. The minimum absolute atomic E-state index is 0.122. The number of alkyl halides is 2. The lowest BCUT2D eigenvalue weighted by molar-refractivity contribution is -0.136. The van der Waals surface area contributed by atoms with Crippen LogP contribution in [-0.2, 0) is 4.79 Å². The average Bonchev–Trinajstić information content (AvgIpc) is 2.51. The third kappa shape index (κ3) is 5.98. The number of nitrogens with one attached hydrogen (secondary N) is 1. The second-order valence-electron chi connectivity index (χ2n) is 5.63. The van der Waals surface area contributed by atoms with Crippen molar-refractivity contribution in [2.45, 2.75) is 31.1 Å². The number of carbonyl (C=O) groups excluding carboxylic acids is 1. The molecule has 0 aromatic heterocycles.